The number of nitrogens with one attached hydrogen (secondary N) is 1. The molecule has 0 unspecified atom stereocenters. The van der Waals surface area contributed by atoms with Gasteiger partial charge < -0.3 is 14.8 Å². The Labute approximate surface area is 127 Å². The molecule has 0 aromatic heterocycles. The largest absolute Gasteiger partial charge is 0.434 e. The van der Waals surface area contributed by atoms with E-state index in [0.717, 1.165) is 0 Å². The summed E-state index contributed by atoms with van der Waals surface area (Å²) in [5, 5.41) is 11.6. The average Bonchev–Trinajstić information content (AvgIpc) is 2.50. The Kier molecular flexibility index (Phi) is 7.57. The number of methoxy groups -OCH3 is 1. The summed E-state index contributed by atoms with van der Waals surface area (Å²) >= 11 is 0. The van der Waals surface area contributed by atoms with Gasteiger partial charge in [0.05, 0.1) is 0 Å². The molecule has 1 amide bonds. The number of ether oxygens (including phenoxy) is 2. The first-order chi connectivity index (χ1) is 10.6. The molecule has 0 aliphatic carbocycles. The van der Waals surface area contributed by atoms with Gasteiger partial charge in [0, 0.05) is 25.8 Å². The third-order valence-corrected chi connectivity index (χ3v) is 2.61. The zero-order valence-electron chi connectivity index (χ0n) is 12.0. The van der Waals surface area contributed by atoms with E-state index in [2.05, 4.69) is 10.1 Å². The van der Waals surface area contributed by atoms with Crippen LogP contribution >= 0.6 is 0 Å². The van der Waals surface area contributed by atoms with E-state index >= 15 is 0 Å². The molecule has 0 aliphatic heterocycles. The van der Waals surface area contributed by atoms with E-state index in [1.54, 1.807) is 19.2 Å². The molecule has 118 valence electrons. The first-order valence-corrected chi connectivity index (χ1v) is 6.51. The second-order valence-electron chi connectivity index (χ2n) is 4.19. The van der Waals surface area contributed by atoms with Crippen molar-refractivity contribution in [1.29, 1.82) is 5.26 Å². The van der Waals surface area contributed by atoms with E-state index in [0.29, 0.717) is 19.6 Å². The van der Waals surface area contributed by atoms with Gasteiger partial charge in [-0.05, 0) is 18.6 Å². The van der Waals surface area contributed by atoms with Gasteiger partial charge >= 0.3 is 6.61 Å². The number of para-hydroxylation sites is 1. The van der Waals surface area contributed by atoms with Gasteiger partial charge in [0.2, 0.25) is 0 Å². The number of rotatable bonds is 8. The molecule has 1 aromatic rings. The lowest BCUT2D eigenvalue weighted by molar-refractivity contribution is -0.117. The lowest BCUT2D eigenvalue weighted by atomic mass is 10.1. The van der Waals surface area contributed by atoms with Crippen LogP contribution in [0, 0.1) is 11.3 Å². The fourth-order valence-corrected chi connectivity index (χ4v) is 1.62. The molecule has 0 aliphatic rings. The first kappa shape index (κ1) is 17.6. The second-order valence-corrected chi connectivity index (χ2v) is 4.19. The van der Waals surface area contributed by atoms with Crippen molar-refractivity contribution in [2.45, 2.75) is 13.0 Å². The minimum atomic E-state index is -2.98. The molecular formula is C15H16F2N2O3. The molecule has 0 saturated heterocycles. The number of nitrogens with zero attached hydrogens (tertiary/aromatic N) is 1. The Morgan fingerprint density at radius 2 is 2.18 bits per heavy atom. The number of carbonyl (C=O) groups excluding carboxylic acids is 1. The fourth-order valence-electron chi connectivity index (χ4n) is 1.62. The topological polar surface area (TPSA) is 71.3 Å². The Morgan fingerprint density at radius 1 is 1.45 bits per heavy atom. The summed E-state index contributed by atoms with van der Waals surface area (Å²) in [6.45, 7) is -2.15. The summed E-state index contributed by atoms with van der Waals surface area (Å²) in [4.78, 5) is 11.8. The zero-order valence-corrected chi connectivity index (χ0v) is 12.0. The van der Waals surface area contributed by atoms with E-state index in [9.17, 15) is 13.6 Å². The Bertz CT molecular complexity index is 568. The van der Waals surface area contributed by atoms with Crippen molar-refractivity contribution in [3.05, 3.63) is 35.4 Å². The van der Waals surface area contributed by atoms with Crippen molar-refractivity contribution < 1.29 is 23.0 Å². The molecule has 0 heterocycles. The molecule has 0 atom stereocenters. The number of alkyl halides is 2. The summed E-state index contributed by atoms with van der Waals surface area (Å²) in [6.07, 6.45) is 1.81. The fraction of sp³-hybridized carbons (Fsp3) is 0.333. The van der Waals surface area contributed by atoms with Crippen LogP contribution in [0.3, 0.4) is 0 Å². The van der Waals surface area contributed by atoms with Crippen molar-refractivity contribution in [3.8, 4) is 11.8 Å². The lowest BCUT2D eigenvalue weighted by Crippen LogP contribution is -2.26. The number of nitriles is 1. The monoisotopic (exact) mass is 310 g/mol. The lowest BCUT2D eigenvalue weighted by Gasteiger charge is -2.08. The minimum Gasteiger partial charge on any atom is -0.434 e. The van der Waals surface area contributed by atoms with Crippen LogP contribution in [-0.4, -0.2) is 32.8 Å². The van der Waals surface area contributed by atoms with Gasteiger partial charge in [0.25, 0.3) is 5.91 Å². The Balaban J connectivity index is 2.84. The van der Waals surface area contributed by atoms with Crippen molar-refractivity contribution >= 4 is 12.0 Å². The minimum absolute atomic E-state index is 0.0996. The van der Waals surface area contributed by atoms with Gasteiger partial charge in [0.15, 0.2) is 0 Å². The summed E-state index contributed by atoms with van der Waals surface area (Å²) in [5.74, 6) is -0.678. The second kappa shape index (κ2) is 9.47. The van der Waals surface area contributed by atoms with Crippen LogP contribution in [0.15, 0.2) is 29.8 Å². The highest BCUT2D eigenvalue weighted by atomic mass is 19.3. The molecule has 7 heteroatoms. The third kappa shape index (κ3) is 5.89. The first-order valence-electron chi connectivity index (χ1n) is 6.51. The summed E-state index contributed by atoms with van der Waals surface area (Å²) < 4.78 is 33.8. The highest BCUT2D eigenvalue weighted by Crippen LogP contribution is 2.22. The van der Waals surface area contributed by atoms with Gasteiger partial charge in [-0.15, -0.1) is 0 Å². The van der Waals surface area contributed by atoms with E-state index in [1.807, 2.05) is 0 Å². The van der Waals surface area contributed by atoms with Crippen LogP contribution in [0.25, 0.3) is 6.08 Å². The number of carbonyl (C=O) groups is 1. The molecule has 0 fully saturated rings. The summed E-state index contributed by atoms with van der Waals surface area (Å²) in [6, 6.07) is 7.68. The molecule has 22 heavy (non-hydrogen) atoms. The third-order valence-electron chi connectivity index (χ3n) is 2.61. The van der Waals surface area contributed by atoms with Crippen molar-refractivity contribution in [2.24, 2.45) is 0 Å². The van der Waals surface area contributed by atoms with Crippen molar-refractivity contribution in [3.63, 3.8) is 0 Å². The van der Waals surface area contributed by atoms with E-state index < -0.39 is 12.5 Å². The molecular weight excluding hydrogens is 294 g/mol. The maximum atomic E-state index is 12.3. The summed E-state index contributed by atoms with van der Waals surface area (Å²) in [7, 11) is 1.54. The van der Waals surface area contributed by atoms with Gasteiger partial charge in [-0.3, -0.25) is 4.79 Å². The Hall–Kier alpha value is -2.46. The normalized spacial score (nSPS) is 11.1. The highest BCUT2D eigenvalue weighted by Gasteiger charge is 2.12. The highest BCUT2D eigenvalue weighted by molar-refractivity contribution is 6.01. The van der Waals surface area contributed by atoms with Crippen LogP contribution in [0.4, 0.5) is 8.78 Å². The van der Waals surface area contributed by atoms with Gasteiger partial charge in [0.1, 0.15) is 17.4 Å². The zero-order chi connectivity index (χ0) is 16.4. The maximum absolute atomic E-state index is 12.3. The summed E-state index contributed by atoms with van der Waals surface area (Å²) in [5.41, 5.74) is 0.0362. The average molecular weight is 310 g/mol. The standard InChI is InChI=1S/C15H16F2N2O3/c1-21-8-4-7-19-14(20)12(10-18)9-11-5-2-3-6-13(11)22-15(16)17/h2-3,5-6,9,15H,4,7-8H2,1H3,(H,19,20)/b12-9+. The predicted molar refractivity (Wildman–Crippen MR) is 76.2 cm³/mol. The number of benzene rings is 1. The molecule has 1 rings (SSSR count). The maximum Gasteiger partial charge on any atom is 0.387 e. The molecule has 0 saturated carbocycles. The van der Waals surface area contributed by atoms with Gasteiger partial charge in [-0.2, -0.15) is 14.0 Å². The van der Waals surface area contributed by atoms with Crippen molar-refractivity contribution in [2.75, 3.05) is 20.3 Å². The molecule has 5 nitrogen and oxygen atoms in total. The quantitative estimate of drug-likeness (QED) is 0.454. The van der Waals surface area contributed by atoms with Crippen molar-refractivity contribution in [1.82, 2.24) is 5.32 Å². The van der Waals surface area contributed by atoms with Gasteiger partial charge in [-0.1, -0.05) is 18.2 Å². The number of amides is 1. The molecule has 1 N–H and O–H groups in total. The molecule has 0 radical (unpaired) electrons. The van der Waals surface area contributed by atoms with E-state index in [4.69, 9.17) is 10.00 Å². The molecule has 0 bridgehead atoms. The Morgan fingerprint density at radius 3 is 2.82 bits per heavy atom. The molecule has 1 aromatic carbocycles. The number of hydrogen-bond donors (Lipinski definition) is 1. The van der Waals surface area contributed by atoms with E-state index in [-0.39, 0.29) is 16.9 Å². The van der Waals surface area contributed by atoms with E-state index in [1.165, 1.54) is 24.3 Å². The molecule has 0 spiro atoms. The van der Waals surface area contributed by atoms with Gasteiger partial charge in [-0.25, -0.2) is 0 Å². The number of hydrogen-bond acceptors (Lipinski definition) is 4. The smallest absolute Gasteiger partial charge is 0.387 e. The SMILES string of the molecule is COCCCNC(=O)/C(C#N)=C/c1ccccc1OC(F)F. The van der Waals surface area contributed by atoms with Crippen LogP contribution in [0.2, 0.25) is 0 Å². The predicted octanol–water partition coefficient (Wildman–Crippen LogP) is 2.35. The van der Waals surface area contributed by atoms with Crippen LogP contribution < -0.4 is 10.1 Å². The van der Waals surface area contributed by atoms with Crippen LogP contribution in [-0.2, 0) is 9.53 Å². The van der Waals surface area contributed by atoms with Crippen LogP contribution in [0.5, 0.6) is 5.75 Å². The number of halogens is 2. The van der Waals surface area contributed by atoms with Crippen LogP contribution in [0.1, 0.15) is 12.0 Å².